The molecule has 4 heteroatoms. The molecular formula is C13H21N3O. The zero-order valence-electron chi connectivity index (χ0n) is 10.4. The van der Waals surface area contributed by atoms with Crippen LogP contribution in [0.1, 0.15) is 6.92 Å². The van der Waals surface area contributed by atoms with E-state index in [2.05, 4.69) is 34.5 Å². The number of ether oxygens (including phenoxy) is 1. The highest BCUT2D eigenvalue weighted by Crippen LogP contribution is 2.18. The Morgan fingerprint density at radius 1 is 1.29 bits per heavy atom. The van der Waals surface area contributed by atoms with Crippen LogP contribution in [0.2, 0.25) is 0 Å². The van der Waals surface area contributed by atoms with Gasteiger partial charge in [-0.05, 0) is 31.2 Å². The van der Waals surface area contributed by atoms with Gasteiger partial charge in [-0.15, -0.1) is 0 Å². The van der Waals surface area contributed by atoms with Crippen LogP contribution in [0.5, 0.6) is 0 Å². The molecule has 2 rings (SSSR count). The molecule has 4 nitrogen and oxygen atoms in total. The van der Waals surface area contributed by atoms with Crippen molar-refractivity contribution >= 4 is 11.4 Å². The standard InChI is InChI=1S/C13H21N3O/c1-11(14)10-15-12-2-4-13(5-3-12)16-6-8-17-9-7-16/h2-5,11,15H,6-10,14H2,1H3/t11-/m0/s1. The lowest BCUT2D eigenvalue weighted by Crippen LogP contribution is -2.36. The summed E-state index contributed by atoms with van der Waals surface area (Å²) in [5.74, 6) is 0. The van der Waals surface area contributed by atoms with E-state index in [4.69, 9.17) is 10.5 Å². The van der Waals surface area contributed by atoms with Gasteiger partial charge in [0.2, 0.25) is 0 Å². The molecule has 1 atom stereocenters. The summed E-state index contributed by atoms with van der Waals surface area (Å²) in [5.41, 5.74) is 8.09. The number of anilines is 2. The van der Waals surface area contributed by atoms with E-state index in [1.807, 2.05) is 6.92 Å². The van der Waals surface area contributed by atoms with Gasteiger partial charge in [-0.2, -0.15) is 0 Å². The zero-order chi connectivity index (χ0) is 12.1. The molecule has 0 saturated carbocycles. The van der Waals surface area contributed by atoms with Gasteiger partial charge < -0.3 is 20.7 Å². The fourth-order valence-electron chi connectivity index (χ4n) is 1.89. The SMILES string of the molecule is C[C@H](N)CNc1ccc(N2CCOCC2)cc1. The summed E-state index contributed by atoms with van der Waals surface area (Å²) in [6.45, 7) is 6.40. The molecule has 0 aliphatic carbocycles. The molecule has 0 bridgehead atoms. The van der Waals surface area contributed by atoms with E-state index >= 15 is 0 Å². The Morgan fingerprint density at radius 2 is 1.94 bits per heavy atom. The molecule has 17 heavy (non-hydrogen) atoms. The molecule has 1 aromatic carbocycles. The minimum atomic E-state index is 0.175. The van der Waals surface area contributed by atoms with Crippen molar-refractivity contribution in [1.82, 2.24) is 0 Å². The normalized spacial score (nSPS) is 17.9. The Hall–Kier alpha value is -1.26. The van der Waals surface area contributed by atoms with Gasteiger partial charge in [-0.3, -0.25) is 0 Å². The molecule has 1 aromatic rings. The number of morpholine rings is 1. The van der Waals surface area contributed by atoms with Gasteiger partial charge in [0.05, 0.1) is 13.2 Å². The van der Waals surface area contributed by atoms with E-state index in [0.717, 1.165) is 38.5 Å². The Balaban J connectivity index is 1.92. The third-order valence-corrected chi connectivity index (χ3v) is 2.87. The average molecular weight is 235 g/mol. The van der Waals surface area contributed by atoms with Crippen molar-refractivity contribution in [3.63, 3.8) is 0 Å². The van der Waals surface area contributed by atoms with Crippen molar-refractivity contribution in [1.29, 1.82) is 0 Å². The fraction of sp³-hybridized carbons (Fsp3) is 0.538. The Kier molecular flexibility index (Phi) is 4.23. The minimum absolute atomic E-state index is 0.175. The molecule has 1 aliphatic heterocycles. The monoisotopic (exact) mass is 235 g/mol. The van der Waals surface area contributed by atoms with Gasteiger partial charge in [0.15, 0.2) is 0 Å². The first-order valence-corrected chi connectivity index (χ1v) is 6.18. The fourth-order valence-corrected chi connectivity index (χ4v) is 1.89. The molecule has 0 radical (unpaired) electrons. The first-order valence-electron chi connectivity index (χ1n) is 6.18. The summed E-state index contributed by atoms with van der Waals surface area (Å²) < 4.78 is 5.34. The third kappa shape index (κ3) is 3.61. The first-order chi connectivity index (χ1) is 8.25. The molecule has 3 N–H and O–H groups in total. The van der Waals surface area contributed by atoms with Crippen molar-refractivity contribution in [2.45, 2.75) is 13.0 Å². The number of benzene rings is 1. The minimum Gasteiger partial charge on any atom is -0.383 e. The Morgan fingerprint density at radius 3 is 2.53 bits per heavy atom. The number of nitrogens with one attached hydrogen (secondary N) is 1. The average Bonchev–Trinajstić information content (AvgIpc) is 2.38. The summed E-state index contributed by atoms with van der Waals surface area (Å²) in [4.78, 5) is 2.35. The van der Waals surface area contributed by atoms with Crippen LogP contribution in [0.3, 0.4) is 0 Å². The highest BCUT2D eigenvalue weighted by Gasteiger charge is 2.10. The van der Waals surface area contributed by atoms with Crippen LogP contribution >= 0.6 is 0 Å². The topological polar surface area (TPSA) is 50.5 Å². The van der Waals surface area contributed by atoms with Crippen LogP contribution in [0.15, 0.2) is 24.3 Å². The summed E-state index contributed by atoms with van der Waals surface area (Å²) in [6.07, 6.45) is 0. The molecule has 0 aromatic heterocycles. The predicted molar refractivity (Wildman–Crippen MR) is 71.6 cm³/mol. The molecule has 1 fully saturated rings. The maximum atomic E-state index is 5.70. The quantitative estimate of drug-likeness (QED) is 0.825. The van der Waals surface area contributed by atoms with Crippen molar-refractivity contribution in [3.05, 3.63) is 24.3 Å². The molecule has 1 aliphatic rings. The molecule has 0 spiro atoms. The maximum absolute atomic E-state index is 5.70. The van der Waals surface area contributed by atoms with E-state index in [0.29, 0.717) is 0 Å². The highest BCUT2D eigenvalue weighted by molar-refractivity contribution is 5.55. The summed E-state index contributed by atoms with van der Waals surface area (Å²) in [7, 11) is 0. The Bertz CT molecular complexity index is 331. The van der Waals surface area contributed by atoms with Gasteiger partial charge >= 0.3 is 0 Å². The lowest BCUT2D eigenvalue weighted by atomic mass is 10.2. The van der Waals surface area contributed by atoms with Crippen LogP contribution in [0, 0.1) is 0 Å². The second-order valence-corrected chi connectivity index (χ2v) is 4.50. The molecular weight excluding hydrogens is 214 g/mol. The van der Waals surface area contributed by atoms with Gasteiger partial charge in [-0.1, -0.05) is 0 Å². The van der Waals surface area contributed by atoms with Crippen LogP contribution in [-0.2, 0) is 4.74 Å². The van der Waals surface area contributed by atoms with Crippen LogP contribution in [-0.4, -0.2) is 38.9 Å². The third-order valence-electron chi connectivity index (χ3n) is 2.87. The number of hydrogen-bond acceptors (Lipinski definition) is 4. The summed E-state index contributed by atoms with van der Waals surface area (Å²) in [6, 6.07) is 8.68. The van der Waals surface area contributed by atoms with E-state index in [9.17, 15) is 0 Å². The second kappa shape index (κ2) is 5.89. The molecule has 1 saturated heterocycles. The van der Waals surface area contributed by atoms with Crippen molar-refractivity contribution < 1.29 is 4.74 Å². The van der Waals surface area contributed by atoms with Gasteiger partial charge in [0.25, 0.3) is 0 Å². The second-order valence-electron chi connectivity index (χ2n) is 4.50. The number of hydrogen-bond donors (Lipinski definition) is 2. The van der Waals surface area contributed by atoms with E-state index in [-0.39, 0.29) is 6.04 Å². The molecule has 0 unspecified atom stereocenters. The van der Waals surface area contributed by atoms with Gasteiger partial charge in [0.1, 0.15) is 0 Å². The molecule has 94 valence electrons. The van der Waals surface area contributed by atoms with Gasteiger partial charge in [0, 0.05) is 37.1 Å². The van der Waals surface area contributed by atoms with Crippen LogP contribution < -0.4 is 16.0 Å². The number of nitrogens with two attached hydrogens (primary N) is 1. The zero-order valence-corrected chi connectivity index (χ0v) is 10.4. The first kappa shape index (κ1) is 12.2. The van der Waals surface area contributed by atoms with Gasteiger partial charge in [-0.25, -0.2) is 0 Å². The Labute approximate surface area is 103 Å². The van der Waals surface area contributed by atoms with E-state index < -0.39 is 0 Å². The number of nitrogens with zero attached hydrogens (tertiary/aromatic N) is 1. The maximum Gasteiger partial charge on any atom is 0.0642 e. The van der Waals surface area contributed by atoms with E-state index in [1.54, 1.807) is 0 Å². The predicted octanol–water partition coefficient (Wildman–Crippen LogP) is 1.28. The largest absolute Gasteiger partial charge is 0.383 e. The lowest BCUT2D eigenvalue weighted by Gasteiger charge is -2.29. The highest BCUT2D eigenvalue weighted by atomic mass is 16.5. The smallest absolute Gasteiger partial charge is 0.0642 e. The van der Waals surface area contributed by atoms with E-state index in [1.165, 1.54) is 5.69 Å². The number of rotatable bonds is 4. The van der Waals surface area contributed by atoms with Crippen molar-refractivity contribution in [2.75, 3.05) is 43.1 Å². The molecule has 1 heterocycles. The molecule has 0 amide bonds. The van der Waals surface area contributed by atoms with Crippen molar-refractivity contribution in [2.24, 2.45) is 5.73 Å². The van der Waals surface area contributed by atoms with Crippen LogP contribution in [0.25, 0.3) is 0 Å². The lowest BCUT2D eigenvalue weighted by molar-refractivity contribution is 0.122. The summed E-state index contributed by atoms with van der Waals surface area (Å²) >= 11 is 0. The van der Waals surface area contributed by atoms with Crippen molar-refractivity contribution in [3.8, 4) is 0 Å². The van der Waals surface area contributed by atoms with Crippen LogP contribution in [0.4, 0.5) is 11.4 Å². The summed E-state index contributed by atoms with van der Waals surface area (Å²) in [5, 5.41) is 3.31.